The summed E-state index contributed by atoms with van der Waals surface area (Å²) in [5.41, 5.74) is -2.21. The first-order valence-corrected chi connectivity index (χ1v) is 16.3. The number of carbonyl (C=O) groups excluding carboxylic acids is 2. The normalized spacial score (nSPS) is 22.9. The SMILES string of the molecule is Cc1ncc2ncn([C@@H]3O[C@H](COP(=O)(N[C@@H](C)C(=O)OC(C)C)Oc4ccccc4)[C@@H](O)[C@]3(F)C(=O)OCc3ccccc3)c2n1. The van der Waals surface area contributed by atoms with Crippen LogP contribution >= 0.6 is 7.75 Å². The van der Waals surface area contributed by atoms with Crippen molar-refractivity contribution in [2.24, 2.45) is 0 Å². The van der Waals surface area contributed by atoms with Gasteiger partial charge < -0.3 is 23.8 Å². The number of hydrogen-bond donors (Lipinski definition) is 2. The smallest absolute Gasteiger partial charge is 0.459 e. The Morgan fingerprint density at radius 3 is 2.47 bits per heavy atom. The minimum absolute atomic E-state index is 0.128. The summed E-state index contributed by atoms with van der Waals surface area (Å²) < 4.78 is 60.0. The first-order valence-electron chi connectivity index (χ1n) is 14.8. The zero-order chi connectivity index (χ0) is 33.8. The van der Waals surface area contributed by atoms with Gasteiger partial charge in [-0.2, -0.15) is 5.09 Å². The Morgan fingerprint density at radius 1 is 1.11 bits per heavy atom. The van der Waals surface area contributed by atoms with Gasteiger partial charge in [-0.25, -0.2) is 28.7 Å². The summed E-state index contributed by atoms with van der Waals surface area (Å²) in [6, 6.07) is 15.4. The highest BCUT2D eigenvalue weighted by Gasteiger charge is 2.65. The van der Waals surface area contributed by atoms with Crippen LogP contribution in [0.1, 0.15) is 38.4 Å². The van der Waals surface area contributed by atoms with Crippen molar-refractivity contribution in [1.29, 1.82) is 0 Å². The molecule has 0 amide bonds. The number of rotatable bonds is 13. The van der Waals surface area contributed by atoms with Crippen LogP contribution in [-0.2, 0) is 39.5 Å². The standard InChI is InChI=1S/C31H35FN5O9P/c1-19(2)44-28(39)20(3)36-47(41,46-23-13-9-6-10-14-23)43-17-25-26(38)31(32,30(40)42-16-22-11-7-5-8-12-22)29(45-25)37-18-34-24-15-33-21(4)35-27(24)37/h5-15,18-20,25-26,29,38H,16-17H2,1-4H3,(H,36,41)/t20-,25+,26+,29+,31+,47?/m0/s1. The molecule has 0 radical (unpaired) electrons. The Bertz CT molecular complexity index is 1750. The summed E-state index contributed by atoms with van der Waals surface area (Å²) in [6.45, 7) is 5.28. The van der Waals surface area contributed by atoms with Crippen molar-refractivity contribution in [1.82, 2.24) is 24.6 Å². The molecular weight excluding hydrogens is 636 g/mol. The topological polar surface area (TPSA) is 173 Å². The second-order valence-corrected chi connectivity index (χ2v) is 12.8. The van der Waals surface area contributed by atoms with Gasteiger partial charge in [0.05, 0.1) is 25.2 Å². The average molecular weight is 672 g/mol. The van der Waals surface area contributed by atoms with E-state index in [-0.39, 0.29) is 23.5 Å². The summed E-state index contributed by atoms with van der Waals surface area (Å²) >= 11 is 0. The van der Waals surface area contributed by atoms with Crippen LogP contribution in [0.15, 0.2) is 73.2 Å². The number of benzene rings is 2. The molecule has 0 spiro atoms. The van der Waals surface area contributed by atoms with Gasteiger partial charge in [-0.15, -0.1) is 0 Å². The maximum Gasteiger partial charge on any atom is 0.459 e. The predicted octanol–water partition coefficient (Wildman–Crippen LogP) is 3.98. The molecular formula is C31H35FN5O9P. The lowest BCUT2D eigenvalue weighted by atomic mass is 9.96. The number of ether oxygens (including phenoxy) is 3. The van der Waals surface area contributed by atoms with Gasteiger partial charge in [0.2, 0.25) is 0 Å². The van der Waals surface area contributed by atoms with Gasteiger partial charge in [-0.3, -0.25) is 13.9 Å². The van der Waals surface area contributed by atoms with Crippen LogP contribution < -0.4 is 9.61 Å². The molecule has 4 aromatic rings. The first-order chi connectivity index (χ1) is 22.4. The number of imidazole rings is 1. The number of hydrogen-bond acceptors (Lipinski definition) is 12. The molecule has 1 aliphatic rings. The zero-order valence-electron chi connectivity index (χ0n) is 26.1. The van der Waals surface area contributed by atoms with Gasteiger partial charge in [0.1, 0.15) is 41.9 Å². The number of aliphatic hydroxyl groups excluding tert-OH is 1. The van der Waals surface area contributed by atoms with Crippen molar-refractivity contribution in [2.45, 2.75) is 70.6 Å². The third-order valence-electron chi connectivity index (χ3n) is 7.09. The van der Waals surface area contributed by atoms with Crippen molar-refractivity contribution < 1.29 is 46.9 Å². The van der Waals surface area contributed by atoms with E-state index >= 15 is 4.39 Å². The maximum absolute atomic E-state index is 17.1. The van der Waals surface area contributed by atoms with E-state index in [9.17, 15) is 19.3 Å². The van der Waals surface area contributed by atoms with Gasteiger partial charge in [0, 0.05) is 0 Å². The number of esters is 2. The molecule has 0 saturated carbocycles. The Morgan fingerprint density at radius 2 is 1.79 bits per heavy atom. The molecule has 1 fully saturated rings. The molecule has 14 nitrogen and oxygen atoms in total. The van der Waals surface area contributed by atoms with Crippen molar-refractivity contribution in [2.75, 3.05) is 6.61 Å². The highest BCUT2D eigenvalue weighted by molar-refractivity contribution is 7.52. The minimum Gasteiger partial charge on any atom is -0.462 e. The number of para-hydroxylation sites is 1. The molecule has 0 bridgehead atoms. The number of aliphatic hydroxyl groups is 1. The van der Waals surface area contributed by atoms with Gasteiger partial charge in [0.15, 0.2) is 11.9 Å². The maximum atomic E-state index is 17.1. The number of carbonyl (C=O) groups is 2. The third kappa shape index (κ3) is 7.66. The van der Waals surface area contributed by atoms with Crippen molar-refractivity contribution >= 4 is 30.8 Å². The summed E-state index contributed by atoms with van der Waals surface area (Å²) in [7, 11) is -4.44. The van der Waals surface area contributed by atoms with E-state index in [4.69, 9.17) is 23.3 Å². The molecule has 1 aliphatic heterocycles. The monoisotopic (exact) mass is 671 g/mol. The molecule has 0 aliphatic carbocycles. The highest BCUT2D eigenvalue weighted by Crippen LogP contribution is 2.48. The number of alkyl halides is 1. The van der Waals surface area contributed by atoms with E-state index in [1.807, 2.05) is 0 Å². The van der Waals surface area contributed by atoms with E-state index in [0.717, 1.165) is 4.57 Å². The lowest BCUT2D eigenvalue weighted by molar-refractivity contribution is -0.173. The molecule has 5 rings (SSSR count). The highest BCUT2D eigenvalue weighted by atomic mass is 31.2. The number of nitrogens with one attached hydrogen (secondary N) is 1. The molecule has 250 valence electrons. The molecule has 16 heteroatoms. The van der Waals surface area contributed by atoms with Crippen LogP contribution in [0, 0.1) is 6.92 Å². The van der Waals surface area contributed by atoms with E-state index in [1.54, 1.807) is 69.3 Å². The third-order valence-corrected chi connectivity index (χ3v) is 8.74. The Balaban J connectivity index is 1.43. The Kier molecular flexibility index (Phi) is 10.3. The van der Waals surface area contributed by atoms with Crippen molar-refractivity contribution in [3.8, 4) is 5.75 Å². The van der Waals surface area contributed by atoms with E-state index in [1.165, 1.54) is 31.6 Å². The molecule has 6 atom stereocenters. The molecule has 2 N–H and O–H groups in total. The molecule has 47 heavy (non-hydrogen) atoms. The van der Waals surface area contributed by atoms with Crippen LogP contribution in [0.2, 0.25) is 0 Å². The van der Waals surface area contributed by atoms with Crippen LogP contribution in [0.5, 0.6) is 5.75 Å². The molecule has 1 saturated heterocycles. The Hall–Kier alpha value is -4.27. The van der Waals surface area contributed by atoms with Gasteiger partial charge in [0.25, 0.3) is 5.67 Å². The van der Waals surface area contributed by atoms with Crippen molar-refractivity contribution in [3.63, 3.8) is 0 Å². The number of fused-ring (bicyclic) bond motifs is 1. The van der Waals surface area contributed by atoms with Crippen molar-refractivity contribution in [3.05, 3.63) is 84.6 Å². The first kappa shape index (κ1) is 34.1. The predicted molar refractivity (Wildman–Crippen MR) is 165 cm³/mol. The fourth-order valence-electron chi connectivity index (χ4n) is 4.80. The number of nitrogens with zero attached hydrogens (tertiary/aromatic N) is 4. The quantitative estimate of drug-likeness (QED) is 0.155. The summed E-state index contributed by atoms with van der Waals surface area (Å²) in [6.07, 6.45) is -3.45. The van der Waals surface area contributed by atoms with Crippen LogP contribution in [0.4, 0.5) is 4.39 Å². The summed E-state index contributed by atoms with van der Waals surface area (Å²) in [4.78, 5) is 38.6. The van der Waals surface area contributed by atoms with E-state index < -0.39 is 62.5 Å². The van der Waals surface area contributed by atoms with Crippen LogP contribution in [0.25, 0.3) is 11.2 Å². The lowest BCUT2D eigenvalue weighted by Crippen LogP contribution is -2.50. The molecule has 3 heterocycles. The number of halogens is 1. The van der Waals surface area contributed by atoms with Crippen LogP contribution in [-0.4, -0.2) is 73.2 Å². The van der Waals surface area contributed by atoms with E-state index in [0.29, 0.717) is 11.4 Å². The fourth-order valence-corrected chi connectivity index (χ4v) is 6.30. The zero-order valence-corrected chi connectivity index (χ0v) is 27.0. The molecule has 2 aromatic carbocycles. The second kappa shape index (κ2) is 14.2. The number of aromatic nitrogens is 4. The summed E-state index contributed by atoms with van der Waals surface area (Å²) in [5, 5.41) is 13.9. The minimum atomic E-state index is -4.44. The lowest BCUT2D eigenvalue weighted by Gasteiger charge is -2.27. The fraction of sp³-hybridized carbons (Fsp3) is 0.387. The number of aryl methyl sites for hydroxylation is 1. The average Bonchev–Trinajstić information content (AvgIpc) is 3.57. The Labute approximate surface area is 269 Å². The van der Waals surface area contributed by atoms with Gasteiger partial charge in [-0.1, -0.05) is 48.5 Å². The van der Waals surface area contributed by atoms with Gasteiger partial charge >= 0.3 is 19.7 Å². The van der Waals surface area contributed by atoms with E-state index in [2.05, 4.69) is 20.0 Å². The molecule has 2 aromatic heterocycles. The largest absolute Gasteiger partial charge is 0.462 e. The summed E-state index contributed by atoms with van der Waals surface area (Å²) in [5.74, 6) is -1.68. The van der Waals surface area contributed by atoms with Crippen LogP contribution in [0.3, 0.4) is 0 Å². The second-order valence-electron chi connectivity index (χ2n) is 11.1. The molecule has 1 unspecified atom stereocenters. The van der Waals surface area contributed by atoms with Gasteiger partial charge in [-0.05, 0) is 45.4 Å².